The molecule has 3 aromatic carbocycles. The molecule has 182 valence electrons. The van der Waals surface area contributed by atoms with Gasteiger partial charge < -0.3 is 4.90 Å². The van der Waals surface area contributed by atoms with Crippen LogP contribution < -0.4 is 4.90 Å². The van der Waals surface area contributed by atoms with E-state index < -0.39 is 0 Å². The monoisotopic (exact) mass is 491 g/mol. The maximum atomic E-state index is 4.86. The molecular weight excluding hydrogens is 466 g/mol. The lowest BCUT2D eigenvalue weighted by atomic mass is 9.99. The SMILES string of the molecule is Cc1cc(C)n(-c2ccc3c(c2)N(c2cccc(-c4ccccn4)c2)c2ccccc2-c2ncccc2-3)n1. The molecule has 3 aromatic heterocycles. The van der Waals surface area contributed by atoms with Gasteiger partial charge in [-0.15, -0.1) is 0 Å². The van der Waals surface area contributed by atoms with Crippen LogP contribution in [-0.4, -0.2) is 19.7 Å². The second-order valence-electron chi connectivity index (χ2n) is 9.56. The first kappa shape index (κ1) is 22.2. The number of aromatic nitrogens is 4. The van der Waals surface area contributed by atoms with Crippen LogP contribution in [0.25, 0.3) is 39.3 Å². The van der Waals surface area contributed by atoms with Crippen molar-refractivity contribution in [3.8, 4) is 39.3 Å². The summed E-state index contributed by atoms with van der Waals surface area (Å²) in [5.41, 5.74) is 12.6. The highest BCUT2D eigenvalue weighted by atomic mass is 15.3. The molecule has 5 heteroatoms. The van der Waals surface area contributed by atoms with Gasteiger partial charge in [0, 0.05) is 46.0 Å². The molecule has 0 bridgehead atoms. The third-order valence-electron chi connectivity index (χ3n) is 7.04. The first-order valence-corrected chi connectivity index (χ1v) is 12.7. The van der Waals surface area contributed by atoms with Gasteiger partial charge in [0.1, 0.15) is 0 Å². The van der Waals surface area contributed by atoms with Gasteiger partial charge >= 0.3 is 0 Å². The summed E-state index contributed by atoms with van der Waals surface area (Å²) in [6, 6.07) is 36.0. The molecule has 0 atom stereocenters. The predicted octanol–water partition coefficient (Wildman–Crippen LogP) is 8.06. The van der Waals surface area contributed by atoms with Gasteiger partial charge in [-0.25, -0.2) is 4.68 Å². The fourth-order valence-electron chi connectivity index (χ4n) is 5.41. The van der Waals surface area contributed by atoms with E-state index >= 15 is 0 Å². The van der Waals surface area contributed by atoms with Crippen LogP contribution in [0.5, 0.6) is 0 Å². The first-order valence-electron chi connectivity index (χ1n) is 12.7. The standard InChI is InChI=1S/C33H25N5/c1-22-19-23(2)38(36-22)26-15-16-27-28-12-8-18-35-33(28)29-11-3-4-14-31(29)37(32(27)21-26)25-10-7-9-24(20-25)30-13-5-6-17-34-30/h3-21H,1-2H3. The average Bonchev–Trinajstić information content (AvgIpc) is 3.25. The molecule has 0 saturated heterocycles. The summed E-state index contributed by atoms with van der Waals surface area (Å²) < 4.78 is 2.01. The van der Waals surface area contributed by atoms with Gasteiger partial charge in [0.15, 0.2) is 0 Å². The number of hydrogen-bond donors (Lipinski definition) is 0. The number of aryl methyl sites for hydroxylation is 2. The molecule has 0 spiro atoms. The van der Waals surface area contributed by atoms with E-state index in [2.05, 4.69) is 95.7 Å². The van der Waals surface area contributed by atoms with Gasteiger partial charge in [0.25, 0.3) is 0 Å². The third-order valence-corrected chi connectivity index (χ3v) is 7.04. The summed E-state index contributed by atoms with van der Waals surface area (Å²) >= 11 is 0. The van der Waals surface area contributed by atoms with E-state index in [1.54, 1.807) is 0 Å². The van der Waals surface area contributed by atoms with Gasteiger partial charge in [-0.05, 0) is 68.4 Å². The Kier molecular flexibility index (Phi) is 5.15. The van der Waals surface area contributed by atoms with Gasteiger partial charge in [-0.2, -0.15) is 5.10 Å². The molecule has 0 aliphatic carbocycles. The normalized spacial score (nSPS) is 11.9. The Labute approximate surface area is 221 Å². The van der Waals surface area contributed by atoms with Crippen LogP contribution in [-0.2, 0) is 0 Å². The molecule has 0 N–H and O–H groups in total. The molecule has 1 aliphatic rings. The molecule has 38 heavy (non-hydrogen) atoms. The number of para-hydroxylation sites is 1. The first-order chi connectivity index (χ1) is 18.7. The summed E-state index contributed by atoms with van der Waals surface area (Å²) in [5, 5.41) is 4.77. The minimum atomic E-state index is 0.944. The summed E-state index contributed by atoms with van der Waals surface area (Å²) in [4.78, 5) is 11.8. The van der Waals surface area contributed by atoms with Crippen LogP contribution in [0.1, 0.15) is 11.4 Å². The number of nitrogens with zero attached hydrogens (tertiary/aromatic N) is 5. The smallest absolute Gasteiger partial charge is 0.0802 e. The van der Waals surface area contributed by atoms with E-state index in [-0.39, 0.29) is 0 Å². The lowest BCUT2D eigenvalue weighted by molar-refractivity contribution is 0.833. The van der Waals surface area contributed by atoms with Crippen molar-refractivity contribution in [1.29, 1.82) is 0 Å². The maximum Gasteiger partial charge on any atom is 0.0802 e. The zero-order chi connectivity index (χ0) is 25.6. The highest BCUT2D eigenvalue weighted by molar-refractivity contribution is 6.01. The fourth-order valence-corrected chi connectivity index (χ4v) is 5.41. The Morgan fingerprint density at radius 2 is 1.42 bits per heavy atom. The van der Waals surface area contributed by atoms with Crippen molar-refractivity contribution in [3.63, 3.8) is 0 Å². The van der Waals surface area contributed by atoms with E-state index in [1.165, 1.54) is 0 Å². The van der Waals surface area contributed by atoms with Crippen LogP contribution in [0.4, 0.5) is 17.1 Å². The van der Waals surface area contributed by atoms with Crippen LogP contribution in [0.2, 0.25) is 0 Å². The molecule has 4 heterocycles. The second-order valence-corrected chi connectivity index (χ2v) is 9.56. The third kappa shape index (κ3) is 3.59. The van der Waals surface area contributed by atoms with Crippen LogP contribution in [0.15, 0.2) is 116 Å². The fraction of sp³-hybridized carbons (Fsp3) is 0.0606. The van der Waals surface area contributed by atoms with Gasteiger partial charge in [0.05, 0.1) is 34.1 Å². The van der Waals surface area contributed by atoms with Crippen molar-refractivity contribution in [3.05, 3.63) is 127 Å². The van der Waals surface area contributed by atoms with E-state index in [1.807, 2.05) is 48.3 Å². The molecule has 6 aromatic rings. The molecular formula is C33H25N5. The van der Waals surface area contributed by atoms with Gasteiger partial charge in [-0.1, -0.05) is 48.5 Å². The largest absolute Gasteiger partial charge is 0.309 e. The topological polar surface area (TPSA) is 46.8 Å². The van der Waals surface area contributed by atoms with Gasteiger partial charge in [-0.3, -0.25) is 9.97 Å². The predicted molar refractivity (Wildman–Crippen MR) is 153 cm³/mol. The Morgan fingerprint density at radius 1 is 0.579 bits per heavy atom. The molecule has 1 aliphatic heterocycles. The number of benzene rings is 3. The molecule has 0 radical (unpaired) electrons. The lowest BCUT2D eigenvalue weighted by Crippen LogP contribution is -2.12. The minimum absolute atomic E-state index is 0.944. The van der Waals surface area contributed by atoms with Crippen molar-refractivity contribution >= 4 is 17.1 Å². The van der Waals surface area contributed by atoms with Crippen molar-refractivity contribution in [2.24, 2.45) is 0 Å². The Bertz CT molecular complexity index is 1800. The summed E-state index contributed by atoms with van der Waals surface area (Å²) in [6.45, 7) is 4.12. The molecule has 0 unspecified atom stereocenters. The zero-order valence-corrected chi connectivity index (χ0v) is 21.2. The summed E-state index contributed by atoms with van der Waals surface area (Å²) in [5.74, 6) is 0. The van der Waals surface area contributed by atoms with E-state index in [0.717, 1.165) is 67.8 Å². The Hall–Kier alpha value is -5.03. The summed E-state index contributed by atoms with van der Waals surface area (Å²) in [6.07, 6.45) is 3.71. The zero-order valence-electron chi connectivity index (χ0n) is 21.2. The Balaban J connectivity index is 1.53. The van der Waals surface area contributed by atoms with Crippen LogP contribution in [0, 0.1) is 13.8 Å². The minimum Gasteiger partial charge on any atom is -0.309 e. The molecule has 7 rings (SSSR count). The van der Waals surface area contributed by atoms with Gasteiger partial charge in [0.2, 0.25) is 0 Å². The van der Waals surface area contributed by atoms with Crippen LogP contribution in [0.3, 0.4) is 0 Å². The molecule has 5 nitrogen and oxygen atoms in total. The number of rotatable bonds is 3. The molecule has 0 fully saturated rings. The Morgan fingerprint density at radius 3 is 2.26 bits per heavy atom. The number of anilines is 3. The van der Waals surface area contributed by atoms with Crippen molar-refractivity contribution < 1.29 is 0 Å². The summed E-state index contributed by atoms with van der Waals surface area (Å²) in [7, 11) is 0. The van der Waals surface area contributed by atoms with E-state index in [0.29, 0.717) is 0 Å². The molecule has 0 amide bonds. The number of hydrogen-bond acceptors (Lipinski definition) is 4. The van der Waals surface area contributed by atoms with Crippen molar-refractivity contribution in [2.45, 2.75) is 13.8 Å². The van der Waals surface area contributed by atoms with E-state index in [9.17, 15) is 0 Å². The number of pyridine rings is 2. The quantitative estimate of drug-likeness (QED) is 0.251. The average molecular weight is 492 g/mol. The molecule has 0 saturated carbocycles. The van der Waals surface area contributed by atoms with Crippen molar-refractivity contribution in [1.82, 2.24) is 19.7 Å². The number of fused-ring (bicyclic) bond motifs is 5. The second kappa shape index (κ2) is 8.82. The highest BCUT2D eigenvalue weighted by Gasteiger charge is 2.27. The maximum absolute atomic E-state index is 4.86. The lowest BCUT2D eigenvalue weighted by Gasteiger charge is -2.28. The van der Waals surface area contributed by atoms with Crippen molar-refractivity contribution in [2.75, 3.05) is 4.90 Å². The highest BCUT2D eigenvalue weighted by Crippen LogP contribution is 2.50. The van der Waals surface area contributed by atoms with E-state index in [4.69, 9.17) is 10.1 Å². The van der Waals surface area contributed by atoms with Crippen LogP contribution >= 0.6 is 0 Å².